The Morgan fingerprint density at radius 2 is 1.70 bits per heavy atom. The van der Waals surface area contributed by atoms with E-state index in [4.69, 9.17) is 10.2 Å². The minimum absolute atomic E-state index is 0.0547. The minimum Gasteiger partial charge on any atom is -0.478 e. The van der Waals surface area contributed by atoms with Gasteiger partial charge in [-0.2, -0.15) is 13.2 Å². The Labute approximate surface area is 112 Å². The number of carbonyl (C=O) groups is 2. The molecular formula is C12H12F3NO4. The van der Waals surface area contributed by atoms with Gasteiger partial charge in [-0.05, 0) is 24.3 Å². The second kappa shape index (κ2) is 6.38. The second-order valence-corrected chi connectivity index (χ2v) is 3.91. The van der Waals surface area contributed by atoms with Gasteiger partial charge in [0.25, 0.3) is 0 Å². The van der Waals surface area contributed by atoms with Crippen LogP contribution in [0.3, 0.4) is 0 Å². The molecule has 0 aromatic heterocycles. The van der Waals surface area contributed by atoms with E-state index in [9.17, 15) is 22.8 Å². The number of carbonyl (C=O) groups excluding carboxylic acids is 1. The highest BCUT2D eigenvalue weighted by Gasteiger charge is 2.33. The third-order valence-corrected chi connectivity index (χ3v) is 2.40. The minimum atomic E-state index is -4.65. The molecule has 0 spiro atoms. The summed E-state index contributed by atoms with van der Waals surface area (Å²) in [7, 11) is 0. The van der Waals surface area contributed by atoms with Crippen LogP contribution in [0.1, 0.15) is 16.8 Å². The Hall–Kier alpha value is -2.09. The van der Waals surface area contributed by atoms with Crippen molar-refractivity contribution in [2.24, 2.45) is 0 Å². The van der Waals surface area contributed by atoms with E-state index in [1.807, 2.05) is 0 Å². The normalized spacial score (nSPS) is 11.2. The van der Waals surface area contributed by atoms with Crippen molar-refractivity contribution in [2.45, 2.75) is 12.6 Å². The van der Waals surface area contributed by atoms with Gasteiger partial charge in [-0.3, -0.25) is 4.79 Å². The summed E-state index contributed by atoms with van der Waals surface area (Å²) in [5.41, 5.74) is 0.0410. The van der Waals surface area contributed by atoms with Crippen LogP contribution in [-0.4, -0.2) is 41.4 Å². The molecule has 1 amide bonds. The molecular weight excluding hydrogens is 279 g/mol. The smallest absolute Gasteiger partial charge is 0.397 e. The summed E-state index contributed by atoms with van der Waals surface area (Å²) in [5, 5.41) is 17.5. The molecule has 0 aliphatic carbocycles. The summed E-state index contributed by atoms with van der Waals surface area (Å²) in [6, 6.07) is 4.77. The first kappa shape index (κ1) is 16.0. The van der Waals surface area contributed by atoms with E-state index >= 15 is 0 Å². The lowest BCUT2D eigenvalue weighted by molar-refractivity contribution is -0.152. The van der Waals surface area contributed by atoms with E-state index in [0.29, 0.717) is 0 Å². The standard InChI is InChI=1S/C12H12F3NO4/c13-12(14,15)7-10(18)16(5-6-17)9-3-1-8(2-4-9)11(19)20/h1-4,17H,5-7H2,(H,19,20). The summed E-state index contributed by atoms with van der Waals surface area (Å²) in [4.78, 5) is 23.0. The van der Waals surface area contributed by atoms with Crippen LogP contribution in [0.2, 0.25) is 0 Å². The van der Waals surface area contributed by atoms with Gasteiger partial charge >= 0.3 is 12.1 Å². The molecule has 0 heterocycles. The number of halogens is 3. The highest BCUT2D eigenvalue weighted by molar-refractivity contribution is 5.94. The van der Waals surface area contributed by atoms with Crippen molar-refractivity contribution in [1.29, 1.82) is 0 Å². The van der Waals surface area contributed by atoms with E-state index in [1.165, 1.54) is 24.3 Å². The average molecular weight is 291 g/mol. The number of rotatable bonds is 5. The largest absolute Gasteiger partial charge is 0.478 e. The Bertz CT molecular complexity index is 484. The van der Waals surface area contributed by atoms with Crippen molar-refractivity contribution in [2.75, 3.05) is 18.1 Å². The lowest BCUT2D eigenvalue weighted by atomic mass is 10.2. The number of anilines is 1. The number of aromatic carboxylic acids is 1. The molecule has 0 aliphatic rings. The molecule has 0 saturated heterocycles. The van der Waals surface area contributed by atoms with Crippen molar-refractivity contribution in [3.63, 3.8) is 0 Å². The van der Waals surface area contributed by atoms with Gasteiger partial charge in [0.15, 0.2) is 0 Å². The predicted octanol–water partition coefficient (Wildman–Crippen LogP) is 1.66. The number of nitrogens with zero attached hydrogens (tertiary/aromatic N) is 1. The maximum absolute atomic E-state index is 12.2. The van der Waals surface area contributed by atoms with Gasteiger partial charge in [0.05, 0.1) is 12.2 Å². The monoisotopic (exact) mass is 291 g/mol. The lowest BCUT2D eigenvalue weighted by Crippen LogP contribution is -2.36. The maximum Gasteiger partial charge on any atom is 0.397 e. The Morgan fingerprint density at radius 1 is 1.15 bits per heavy atom. The molecule has 110 valence electrons. The molecule has 2 N–H and O–H groups in total. The Morgan fingerprint density at radius 3 is 2.10 bits per heavy atom. The molecule has 0 atom stereocenters. The van der Waals surface area contributed by atoms with Gasteiger partial charge in [0.2, 0.25) is 5.91 Å². The van der Waals surface area contributed by atoms with E-state index in [2.05, 4.69) is 0 Å². The molecule has 20 heavy (non-hydrogen) atoms. The molecule has 8 heteroatoms. The van der Waals surface area contributed by atoms with Crippen LogP contribution in [0.25, 0.3) is 0 Å². The van der Waals surface area contributed by atoms with Crippen LogP contribution in [0, 0.1) is 0 Å². The Kier molecular flexibility index (Phi) is 5.09. The SMILES string of the molecule is O=C(O)c1ccc(N(CCO)C(=O)CC(F)(F)F)cc1. The maximum atomic E-state index is 12.2. The molecule has 0 bridgehead atoms. The van der Waals surface area contributed by atoms with E-state index in [-0.39, 0.29) is 17.8 Å². The number of carboxylic acids is 1. The van der Waals surface area contributed by atoms with Gasteiger partial charge in [-0.1, -0.05) is 0 Å². The first-order valence-electron chi connectivity index (χ1n) is 5.56. The molecule has 0 saturated carbocycles. The highest BCUT2D eigenvalue weighted by Crippen LogP contribution is 2.23. The number of hydrogen-bond acceptors (Lipinski definition) is 3. The second-order valence-electron chi connectivity index (χ2n) is 3.91. The predicted molar refractivity (Wildman–Crippen MR) is 63.5 cm³/mol. The van der Waals surface area contributed by atoms with Gasteiger partial charge in [0.1, 0.15) is 6.42 Å². The fraction of sp³-hybridized carbons (Fsp3) is 0.333. The number of hydrogen-bond donors (Lipinski definition) is 2. The fourth-order valence-corrected chi connectivity index (χ4v) is 1.55. The number of aliphatic hydroxyl groups excluding tert-OH is 1. The van der Waals surface area contributed by atoms with E-state index < -0.39 is 31.1 Å². The van der Waals surface area contributed by atoms with E-state index in [1.54, 1.807) is 0 Å². The first-order chi connectivity index (χ1) is 9.24. The quantitative estimate of drug-likeness (QED) is 0.865. The molecule has 0 radical (unpaired) electrons. The molecule has 5 nitrogen and oxygen atoms in total. The van der Waals surface area contributed by atoms with Crippen LogP contribution in [0.5, 0.6) is 0 Å². The lowest BCUT2D eigenvalue weighted by Gasteiger charge is -2.22. The van der Waals surface area contributed by atoms with Crippen LogP contribution >= 0.6 is 0 Å². The molecule has 1 aromatic rings. The molecule has 0 aliphatic heterocycles. The molecule has 1 aromatic carbocycles. The summed E-state index contributed by atoms with van der Waals surface area (Å²) in [5.74, 6) is -2.40. The first-order valence-corrected chi connectivity index (χ1v) is 5.56. The van der Waals surface area contributed by atoms with E-state index in [0.717, 1.165) is 4.90 Å². The average Bonchev–Trinajstić information content (AvgIpc) is 2.34. The van der Waals surface area contributed by atoms with Gasteiger partial charge < -0.3 is 15.1 Å². The third kappa shape index (κ3) is 4.54. The fourth-order valence-electron chi connectivity index (χ4n) is 1.55. The van der Waals surface area contributed by atoms with Crippen LogP contribution in [0.15, 0.2) is 24.3 Å². The Balaban J connectivity index is 2.95. The van der Waals surface area contributed by atoms with Crippen LogP contribution in [0.4, 0.5) is 18.9 Å². The van der Waals surface area contributed by atoms with Crippen LogP contribution < -0.4 is 4.90 Å². The number of carboxylic acid groups (broad SMARTS) is 1. The zero-order valence-electron chi connectivity index (χ0n) is 10.2. The highest BCUT2D eigenvalue weighted by atomic mass is 19.4. The van der Waals surface area contributed by atoms with Gasteiger partial charge in [0, 0.05) is 12.2 Å². The number of alkyl halides is 3. The number of benzene rings is 1. The topological polar surface area (TPSA) is 77.8 Å². The van der Waals surface area contributed by atoms with Crippen molar-refractivity contribution >= 4 is 17.6 Å². The van der Waals surface area contributed by atoms with Crippen LogP contribution in [-0.2, 0) is 4.79 Å². The van der Waals surface area contributed by atoms with Gasteiger partial charge in [-0.25, -0.2) is 4.79 Å². The third-order valence-electron chi connectivity index (χ3n) is 2.40. The number of aliphatic hydroxyl groups is 1. The summed E-state index contributed by atoms with van der Waals surface area (Å²) in [6.45, 7) is -0.814. The van der Waals surface area contributed by atoms with Crippen molar-refractivity contribution in [3.05, 3.63) is 29.8 Å². The van der Waals surface area contributed by atoms with Crippen molar-refractivity contribution in [3.8, 4) is 0 Å². The summed E-state index contributed by atoms with van der Waals surface area (Å²) >= 11 is 0. The molecule has 0 fully saturated rings. The molecule has 0 unspecified atom stereocenters. The summed E-state index contributed by atoms with van der Waals surface area (Å²) < 4.78 is 36.6. The molecule has 1 rings (SSSR count). The summed E-state index contributed by atoms with van der Waals surface area (Å²) in [6.07, 6.45) is -6.29. The van der Waals surface area contributed by atoms with Gasteiger partial charge in [-0.15, -0.1) is 0 Å². The van der Waals surface area contributed by atoms with Crippen molar-refractivity contribution in [1.82, 2.24) is 0 Å². The van der Waals surface area contributed by atoms with Crippen molar-refractivity contribution < 1.29 is 33.0 Å². The number of amides is 1. The zero-order valence-corrected chi connectivity index (χ0v) is 10.2. The zero-order chi connectivity index (χ0) is 15.3.